The van der Waals surface area contributed by atoms with E-state index >= 15 is 0 Å². The smallest absolute Gasteiger partial charge is 0.192 e. The highest BCUT2D eigenvalue weighted by Crippen LogP contribution is 2.66. The number of carbonyl (C=O) groups is 2. The summed E-state index contributed by atoms with van der Waals surface area (Å²) in [5.74, 6) is -0.468. The first-order valence-electron chi connectivity index (χ1n) is 8.16. The molecule has 0 amide bonds. The molecule has 1 heterocycles. The number of hydrogen-bond donors (Lipinski definition) is 0. The van der Waals surface area contributed by atoms with Crippen LogP contribution in [0.4, 0.5) is 0 Å². The highest BCUT2D eigenvalue weighted by Gasteiger charge is 2.67. The molecular weight excluding hydrogens is 288 g/mol. The predicted octanol–water partition coefficient (Wildman–Crippen LogP) is 3.45. The van der Waals surface area contributed by atoms with Gasteiger partial charge in [-0.1, -0.05) is 39.0 Å². The van der Waals surface area contributed by atoms with Crippen LogP contribution in [0, 0.1) is 22.7 Å². The molecule has 0 aliphatic heterocycles. The van der Waals surface area contributed by atoms with Gasteiger partial charge >= 0.3 is 0 Å². The van der Waals surface area contributed by atoms with Gasteiger partial charge in [0.15, 0.2) is 5.78 Å². The van der Waals surface area contributed by atoms with Gasteiger partial charge in [0.05, 0.1) is 11.4 Å². The van der Waals surface area contributed by atoms with Crippen molar-refractivity contribution in [3.05, 3.63) is 36.3 Å². The number of carbonyl (C=O) groups excluding carboxylic acids is 2. The van der Waals surface area contributed by atoms with E-state index in [1.54, 1.807) is 0 Å². The Balaban J connectivity index is 1.83. The number of ketones is 2. The van der Waals surface area contributed by atoms with E-state index in [-0.39, 0.29) is 28.3 Å². The van der Waals surface area contributed by atoms with Crippen LogP contribution < -0.4 is 0 Å². The first kappa shape index (κ1) is 14.5. The SMILES string of the molecule is CC12CCC(C(C(=O)c3ncnc4ccccc34)C1=O)C2(C)C. The lowest BCUT2D eigenvalue weighted by Gasteiger charge is -2.32. The standard InChI is InChI=1S/C19H20N2O2/c1-18(2)12-8-9-19(18,3)17(23)14(12)16(22)15-11-6-4-5-7-13(11)20-10-21-15/h4-7,10,12,14H,8-9H2,1-3H3. The zero-order chi connectivity index (χ0) is 16.4. The van der Waals surface area contributed by atoms with Crippen molar-refractivity contribution in [2.75, 3.05) is 0 Å². The van der Waals surface area contributed by atoms with Crippen LogP contribution in [-0.2, 0) is 4.79 Å². The average Bonchev–Trinajstić information content (AvgIpc) is 2.86. The molecule has 2 aromatic rings. The monoisotopic (exact) mass is 308 g/mol. The van der Waals surface area contributed by atoms with E-state index in [0.717, 1.165) is 23.7 Å². The van der Waals surface area contributed by atoms with Crippen LogP contribution >= 0.6 is 0 Å². The van der Waals surface area contributed by atoms with E-state index in [1.165, 1.54) is 6.33 Å². The maximum Gasteiger partial charge on any atom is 0.192 e. The number of benzene rings is 1. The van der Waals surface area contributed by atoms with Gasteiger partial charge in [0.1, 0.15) is 17.8 Å². The second kappa shape index (κ2) is 4.47. The summed E-state index contributed by atoms with van der Waals surface area (Å²) >= 11 is 0. The summed E-state index contributed by atoms with van der Waals surface area (Å²) in [4.78, 5) is 34.6. The normalized spacial score (nSPS) is 31.7. The van der Waals surface area contributed by atoms with Crippen molar-refractivity contribution in [3.63, 3.8) is 0 Å². The third-order valence-electron chi connectivity index (χ3n) is 6.59. The highest BCUT2D eigenvalue weighted by molar-refractivity contribution is 6.17. The largest absolute Gasteiger partial charge is 0.298 e. The van der Waals surface area contributed by atoms with Gasteiger partial charge in [0.25, 0.3) is 0 Å². The molecule has 1 aromatic heterocycles. The molecule has 0 N–H and O–H groups in total. The lowest BCUT2D eigenvalue weighted by molar-refractivity contribution is -0.130. The van der Waals surface area contributed by atoms with Gasteiger partial charge in [0, 0.05) is 10.8 Å². The summed E-state index contributed by atoms with van der Waals surface area (Å²) in [7, 11) is 0. The number of Topliss-reactive ketones (excluding diaryl/α,β-unsaturated/α-hetero) is 2. The quantitative estimate of drug-likeness (QED) is 0.630. The summed E-state index contributed by atoms with van der Waals surface area (Å²) in [6.45, 7) is 6.29. The van der Waals surface area contributed by atoms with Crippen LogP contribution in [0.2, 0.25) is 0 Å². The third kappa shape index (κ3) is 1.66. The average molecular weight is 308 g/mol. The Bertz CT molecular complexity index is 837. The number of hydrogen-bond acceptors (Lipinski definition) is 4. The Labute approximate surface area is 135 Å². The van der Waals surface area contributed by atoms with Crippen molar-refractivity contribution in [3.8, 4) is 0 Å². The van der Waals surface area contributed by atoms with Crippen LogP contribution in [0.25, 0.3) is 10.9 Å². The van der Waals surface area contributed by atoms with E-state index in [2.05, 4.69) is 23.8 Å². The molecule has 3 unspecified atom stereocenters. The molecule has 3 atom stereocenters. The number of para-hydroxylation sites is 1. The number of aromatic nitrogens is 2. The number of fused-ring (bicyclic) bond motifs is 3. The van der Waals surface area contributed by atoms with Gasteiger partial charge in [-0.2, -0.15) is 0 Å². The Morgan fingerprint density at radius 1 is 1.17 bits per heavy atom. The third-order valence-corrected chi connectivity index (χ3v) is 6.59. The van der Waals surface area contributed by atoms with E-state index in [1.807, 2.05) is 31.2 Å². The fourth-order valence-electron chi connectivity index (χ4n) is 4.74. The molecule has 0 saturated heterocycles. The molecule has 2 saturated carbocycles. The predicted molar refractivity (Wildman–Crippen MR) is 87.0 cm³/mol. The molecule has 4 heteroatoms. The lowest BCUT2D eigenvalue weighted by atomic mass is 9.70. The van der Waals surface area contributed by atoms with Gasteiger partial charge in [-0.25, -0.2) is 9.97 Å². The van der Waals surface area contributed by atoms with E-state index in [4.69, 9.17) is 0 Å². The van der Waals surface area contributed by atoms with E-state index < -0.39 is 5.92 Å². The van der Waals surface area contributed by atoms with Crippen LogP contribution in [0.15, 0.2) is 30.6 Å². The molecule has 2 aliphatic rings. The fraction of sp³-hybridized carbons (Fsp3) is 0.474. The van der Waals surface area contributed by atoms with Crippen molar-refractivity contribution < 1.29 is 9.59 Å². The summed E-state index contributed by atoms with van der Waals surface area (Å²) in [6, 6.07) is 7.47. The molecule has 118 valence electrons. The number of rotatable bonds is 2. The van der Waals surface area contributed by atoms with Gasteiger partial charge in [-0.3, -0.25) is 9.59 Å². The first-order valence-corrected chi connectivity index (χ1v) is 8.16. The fourth-order valence-corrected chi connectivity index (χ4v) is 4.74. The maximum atomic E-state index is 13.2. The van der Waals surface area contributed by atoms with Crippen molar-refractivity contribution in [1.29, 1.82) is 0 Å². The molecule has 1 aromatic carbocycles. The van der Waals surface area contributed by atoms with Gasteiger partial charge in [0.2, 0.25) is 0 Å². The van der Waals surface area contributed by atoms with Gasteiger partial charge in [-0.05, 0) is 30.2 Å². The van der Waals surface area contributed by atoms with Gasteiger partial charge < -0.3 is 0 Å². The minimum absolute atomic E-state index is 0.103. The maximum absolute atomic E-state index is 13.2. The summed E-state index contributed by atoms with van der Waals surface area (Å²) in [6.07, 6.45) is 3.24. The highest BCUT2D eigenvalue weighted by atomic mass is 16.2. The van der Waals surface area contributed by atoms with Crippen molar-refractivity contribution in [2.45, 2.75) is 33.6 Å². The lowest BCUT2D eigenvalue weighted by Crippen LogP contribution is -2.35. The Morgan fingerprint density at radius 3 is 2.61 bits per heavy atom. The molecule has 2 aliphatic carbocycles. The second-order valence-electron chi connectivity index (χ2n) is 7.64. The summed E-state index contributed by atoms with van der Waals surface area (Å²) in [5.41, 5.74) is 0.612. The molecule has 23 heavy (non-hydrogen) atoms. The van der Waals surface area contributed by atoms with Crippen LogP contribution in [0.5, 0.6) is 0 Å². The zero-order valence-electron chi connectivity index (χ0n) is 13.7. The van der Waals surface area contributed by atoms with Crippen molar-refractivity contribution in [2.24, 2.45) is 22.7 Å². The topological polar surface area (TPSA) is 59.9 Å². The van der Waals surface area contributed by atoms with E-state index in [0.29, 0.717) is 5.69 Å². The van der Waals surface area contributed by atoms with Crippen LogP contribution in [-0.4, -0.2) is 21.5 Å². The van der Waals surface area contributed by atoms with Gasteiger partial charge in [-0.15, -0.1) is 0 Å². The molecule has 4 rings (SSSR count). The number of nitrogens with zero attached hydrogens (tertiary/aromatic N) is 2. The molecule has 0 spiro atoms. The Kier molecular flexibility index (Phi) is 2.81. The first-order chi connectivity index (χ1) is 10.9. The molecule has 2 fully saturated rings. The Hall–Kier alpha value is -2.10. The molecule has 2 bridgehead atoms. The molecule has 0 radical (unpaired) electrons. The van der Waals surface area contributed by atoms with Crippen molar-refractivity contribution in [1.82, 2.24) is 9.97 Å². The van der Waals surface area contributed by atoms with Crippen LogP contribution in [0.1, 0.15) is 44.1 Å². The van der Waals surface area contributed by atoms with Crippen LogP contribution in [0.3, 0.4) is 0 Å². The molecular formula is C19H20N2O2. The molecule has 4 nitrogen and oxygen atoms in total. The minimum Gasteiger partial charge on any atom is -0.298 e. The Morgan fingerprint density at radius 2 is 1.91 bits per heavy atom. The summed E-state index contributed by atoms with van der Waals surface area (Å²) < 4.78 is 0. The minimum atomic E-state index is -0.554. The second-order valence-corrected chi connectivity index (χ2v) is 7.64. The van der Waals surface area contributed by atoms with Crippen molar-refractivity contribution >= 4 is 22.5 Å². The summed E-state index contributed by atoms with van der Waals surface area (Å²) in [5, 5.41) is 0.735. The zero-order valence-corrected chi connectivity index (χ0v) is 13.7. The van der Waals surface area contributed by atoms with E-state index in [9.17, 15) is 9.59 Å².